The van der Waals surface area contributed by atoms with E-state index in [0.717, 1.165) is 4.88 Å². The number of carbonyl (C=O) groups is 1. The second kappa shape index (κ2) is 5.98. The van der Waals surface area contributed by atoms with Crippen LogP contribution in [0.15, 0.2) is 12.1 Å². The zero-order chi connectivity index (χ0) is 12.1. The van der Waals surface area contributed by atoms with Gasteiger partial charge in [0.05, 0.1) is 10.9 Å². The summed E-state index contributed by atoms with van der Waals surface area (Å²) in [6.07, 6.45) is -0.426. The second-order valence-corrected chi connectivity index (χ2v) is 4.80. The number of hydrogen-bond donors (Lipinski definition) is 1. The molecule has 1 amide bonds. The van der Waals surface area contributed by atoms with Crippen LogP contribution in [0.5, 0.6) is 0 Å². The van der Waals surface area contributed by atoms with Crippen LogP contribution in [0.1, 0.15) is 21.5 Å². The molecule has 1 aromatic heterocycles. The van der Waals surface area contributed by atoms with E-state index < -0.39 is 6.29 Å². The van der Waals surface area contributed by atoms with Gasteiger partial charge in [0, 0.05) is 19.1 Å². The number of aryl methyl sites for hydroxylation is 1. The summed E-state index contributed by atoms with van der Waals surface area (Å²) in [6, 6.07) is 3.55. The van der Waals surface area contributed by atoms with Crippen molar-refractivity contribution in [3.8, 4) is 0 Å². The molecule has 1 unspecified atom stereocenters. The Kier molecular flexibility index (Phi) is 4.92. The van der Waals surface area contributed by atoms with E-state index in [4.69, 9.17) is 9.47 Å². The van der Waals surface area contributed by atoms with Gasteiger partial charge >= 0.3 is 0 Å². The second-order valence-electron chi connectivity index (χ2n) is 3.51. The summed E-state index contributed by atoms with van der Waals surface area (Å²) < 4.78 is 10.1. The monoisotopic (exact) mass is 243 g/mol. The molecule has 0 aliphatic rings. The van der Waals surface area contributed by atoms with Gasteiger partial charge < -0.3 is 14.8 Å². The lowest BCUT2D eigenvalue weighted by Gasteiger charge is -2.21. The molecule has 0 saturated carbocycles. The van der Waals surface area contributed by atoms with E-state index in [1.807, 2.05) is 26.0 Å². The Hall–Kier alpha value is -0.910. The fourth-order valence-electron chi connectivity index (χ4n) is 1.41. The molecule has 16 heavy (non-hydrogen) atoms. The van der Waals surface area contributed by atoms with Gasteiger partial charge in [-0.1, -0.05) is 0 Å². The normalized spacial score (nSPS) is 12.8. The molecule has 1 N–H and O–H groups in total. The van der Waals surface area contributed by atoms with Crippen molar-refractivity contribution < 1.29 is 14.3 Å². The van der Waals surface area contributed by atoms with Gasteiger partial charge in [0.1, 0.15) is 0 Å². The van der Waals surface area contributed by atoms with Crippen molar-refractivity contribution in [3.63, 3.8) is 0 Å². The first-order chi connectivity index (χ1) is 7.58. The maximum atomic E-state index is 11.8. The average Bonchev–Trinajstić information content (AvgIpc) is 2.66. The third-order valence-electron chi connectivity index (χ3n) is 2.20. The van der Waals surface area contributed by atoms with E-state index >= 15 is 0 Å². The molecule has 0 radical (unpaired) electrons. The summed E-state index contributed by atoms with van der Waals surface area (Å²) in [5.74, 6) is -0.0929. The van der Waals surface area contributed by atoms with Crippen molar-refractivity contribution >= 4 is 17.2 Å². The summed E-state index contributed by atoms with van der Waals surface area (Å²) >= 11 is 1.47. The predicted octanol–water partition coefficient (Wildman–Crippen LogP) is 1.79. The number of methoxy groups -OCH3 is 2. The highest BCUT2D eigenvalue weighted by atomic mass is 32.1. The number of nitrogens with one attached hydrogen (secondary N) is 1. The zero-order valence-electron chi connectivity index (χ0n) is 9.94. The molecule has 0 spiro atoms. The first kappa shape index (κ1) is 13.2. The van der Waals surface area contributed by atoms with Crippen LogP contribution in [0.4, 0.5) is 0 Å². The third-order valence-corrected chi connectivity index (χ3v) is 3.20. The van der Waals surface area contributed by atoms with Gasteiger partial charge in [0.2, 0.25) is 0 Å². The Balaban J connectivity index is 2.57. The first-order valence-electron chi connectivity index (χ1n) is 5.01. The van der Waals surface area contributed by atoms with E-state index in [0.29, 0.717) is 4.88 Å². The van der Waals surface area contributed by atoms with Crippen LogP contribution in [0.3, 0.4) is 0 Å². The molecule has 1 heterocycles. The van der Waals surface area contributed by atoms with E-state index in [1.54, 1.807) is 14.2 Å². The van der Waals surface area contributed by atoms with Crippen molar-refractivity contribution in [1.29, 1.82) is 0 Å². The Morgan fingerprint density at radius 2 is 2.00 bits per heavy atom. The van der Waals surface area contributed by atoms with E-state index in [9.17, 15) is 4.79 Å². The number of hydrogen-bond acceptors (Lipinski definition) is 4. The predicted molar refractivity (Wildman–Crippen MR) is 63.8 cm³/mol. The molecule has 5 heteroatoms. The van der Waals surface area contributed by atoms with Crippen LogP contribution in [0.2, 0.25) is 0 Å². The standard InChI is InChI=1S/C11H17NO3S/c1-7-5-6-9(16-7)10(13)12-8(2)11(14-3)15-4/h5-6,8,11H,1-4H3,(H,12,13). The van der Waals surface area contributed by atoms with E-state index in [-0.39, 0.29) is 11.9 Å². The topological polar surface area (TPSA) is 47.6 Å². The smallest absolute Gasteiger partial charge is 0.261 e. The molecule has 0 aliphatic carbocycles. The highest BCUT2D eigenvalue weighted by Crippen LogP contribution is 2.15. The number of amides is 1. The minimum Gasteiger partial charge on any atom is -0.354 e. The van der Waals surface area contributed by atoms with Crippen LogP contribution in [0, 0.1) is 6.92 Å². The van der Waals surface area contributed by atoms with Crippen LogP contribution in [0.25, 0.3) is 0 Å². The van der Waals surface area contributed by atoms with E-state index in [2.05, 4.69) is 5.32 Å². The number of ether oxygens (including phenoxy) is 2. The molecule has 0 aromatic carbocycles. The van der Waals surface area contributed by atoms with Crippen molar-refractivity contribution in [2.45, 2.75) is 26.2 Å². The quantitative estimate of drug-likeness (QED) is 0.802. The largest absolute Gasteiger partial charge is 0.354 e. The van der Waals surface area contributed by atoms with Crippen molar-refractivity contribution in [3.05, 3.63) is 21.9 Å². The lowest BCUT2D eigenvalue weighted by molar-refractivity contribution is -0.117. The van der Waals surface area contributed by atoms with E-state index in [1.165, 1.54) is 11.3 Å². The van der Waals surface area contributed by atoms with Crippen molar-refractivity contribution in [2.75, 3.05) is 14.2 Å². The summed E-state index contributed by atoms with van der Waals surface area (Å²) in [5.41, 5.74) is 0. The molecule has 4 nitrogen and oxygen atoms in total. The van der Waals surface area contributed by atoms with Gasteiger partial charge in [-0.15, -0.1) is 11.3 Å². The Morgan fingerprint density at radius 1 is 1.38 bits per heavy atom. The molecular formula is C11H17NO3S. The van der Waals surface area contributed by atoms with Crippen LogP contribution in [-0.2, 0) is 9.47 Å². The number of rotatable bonds is 5. The number of thiophene rings is 1. The highest BCUT2D eigenvalue weighted by molar-refractivity contribution is 7.13. The molecule has 1 aromatic rings. The fourth-order valence-corrected chi connectivity index (χ4v) is 2.18. The Morgan fingerprint density at radius 3 is 2.44 bits per heavy atom. The van der Waals surface area contributed by atoms with Gasteiger partial charge in [0.15, 0.2) is 6.29 Å². The fraction of sp³-hybridized carbons (Fsp3) is 0.545. The molecule has 0 saturated heterocycles. The zero-order valence-corrected chi connectivity index (χ0v) is 10.8. The van der Waals surface area contributed by atoms with Crippen LogP contribution in [-0.4, -0.2) is 32.5 Å². The molecule has 90 valence electrons. The number of carbonyl (C=O) groups excluding carboxylic acids is 1. The average molecular weight is 243 g/mol. The summed E-state index contributed by atoms with van der Waals surface area (Å²) in [5, 5.41) is 2.83. The minimum absolute atomic E-state index is 0.0929. The maximum absolute atomic E-state index is 11.8. The molecular weight excluding hydrogens is 226 g/mol. The molecule has 1 rings (SSSR count). The van der Waals surface area contributed by atoms with Gasteiger partial charge in [-0.05, 0) is 26.0 Å². The van der Waals surface area contributed by atoms with Crippen molar-refractivity contribution in [2.24, 2.45) is 0 Å². The molecule has 0 fully saturated rings. The van der Waals surface area contributed by atoms with Gasteiger partial charge in [-0.2, -0.15) is 0 Å². The summed E-state index contributed by atoms with van der Waals surface area (Å²) in [4.78, 5) is 13.6. The highest BCUT2D eigenvalue weighted by Gasteiger charge is 2.19. The SMILES string of the molecule is COC(OC)C(C)NC(=O)c1ccc(C)s1. The molecule has 0 aliphatic heterocycles. The third kappa shape index (κ3) is 3.30. The lowest BCUT2D eigenvalue weighted by Crippen LogP contribution is -2.42. The minimum atomic E-state index is -0.426. The first-order valence-corrected chi connectivity index (χ1v) is 5.83. The summed E-state index contributed by atoms with van der Waals surface area (Å²) in [7, 11) is 3.10. The van der Waals surface area contributed by atoms with Crippen molar-refractivity contribution in [1.82, 2.24) is 5.32 Å². The summed E-state index contributed by atoms with van der Waals surface area (Å²) in [6.45, 7) is 3.81. The van der Waals surface area contributed by atoms with Gasteiger partial charge in [-0.3, -0.25) is 4.79 Å². The van der Waals surface area contributed by atoms with Gasteiger partial charge in [0.25, 0.3) is 5.91 Å². The Labute approximate surface area is 99.6 Å². The molecule has 1 atom stereocenters. The molecule has 0 bridgehead atoms. The maximum Gasteiger partial charge on any atom is 0.261 e. The van der Waals surface area contributed by atoms with Gasteiger partial charge in [-0.25, -0.2) is 0 Å². The van der Waals surface area contributed by atoms with Crippen LogP contribution < -0.4 is 5.32 Å². The van der Waals surface area contributed by atoms with Crippen LogP contribution >= 0.6 is 11.3 Å². The Bertz CT molecular complexity index is 347. The lowest BCUT2D eigenvalue weighted by atomic mass is 10.3.